The standard InChI is InChI=1S/C20H30N2O3.C2HF3O2/c1-15(2)3-4-20(23)22-11-18-17(14-25-19(18)12-22)7-10-24-13-16-5-8-21-9-6-16;3-2(4,5)1(6)7/h5-6,8-9,15,17-19H,3-4,7,10-14H2,1-2H3;(H,6,7)/t17-,18-,19-;/m0./s1. The third kappa shape index (κ3) is 8.38. The lowest BCUT2D eigenvalue weighted by molar-refractivity contribution is -0.192. The number of rotatable bonds is 8. The van der Waals surface area contributed by atoms with E-state index in [4.69, 9.17) is 19.4 Å². The van der Waals surface area contributed by atoms with E-state index in [0.29, 0.717) is 36.7 Å². The van der Waals surface area contributed by atoms with Crippen LogP contribution in [0.2, 0.25) is 0 Å². The van der Waals surface area contributed by atoms with Gasteiger partial charge in [0.05, 0.1) is 19.3 Å². The average Bonchev–Trinajstić information content (AvgIpc) is 3.31. The van der Waals surface area contributed by atoms with E-state index in [2.05, 4.69) is 18.8 Å². The summed E-state index contributed by atoms with van der Waals surface area (Å²) in [6, 6.07) is 3.96. The summed E-state index contributed by atoms with van der Waals surface area (Å²) < 4.78 is 43.5. The first-order chi connectivity index (χ1) is 15.1. The normalized spacial score (nSPS) is 22.4. The fraction of sp³-hybridized carbons (Fsp3) is 0.682. The first kappa shape index (κ1) is 26.1. The number of amides is 1. The van der Waals surface area contributed by atoms with E-state index in [-0.39, 0.29) is 6.10 Å². The fourth-order valence-electron chi connectivity index (χ4n) is 3.77. The molecular weight excluding hydrogens is 429 g/mol. The number of ether oxygens (including phenoxy) is 2. The summed E-state index contributed by atoms with van der Waals surface area (Å²) in [6.45, 7) is 8.13. The molecule has 0 unspecified atom stereocenters. The SMILES string of the molecule is CC(C)CCC(=O)N1C[C@H]2[C@@H](CCOCc3ccncc3)CO[C@H]2C1.O=C(O)C(F)(F)F. The number of hydrogen-bond donors (Lipinski definition) is 1. The maximum atomic E-state index is 12.3. The number of alkyl halides is 3. The third-order valence-corrected chi connectivity index (χ3v) is 5.62. The molecule has 10 heteroatoms. The van der Waals surface area contributed by atoms with E-state index in [9.17, 15) is 18.0 Å². The molecule has 3 heterocycles. The molecule has 0 radical (unpaired) electrons. The number of pyridine rings is 1. The number of fused-ring (bicyclic) bond motifs is 1. The van der Waals surface area contributed by atoms with E-state index >= 15 is 0 Å². The maximum Gasteiger partial charge on any atom is 0.490 e. The van der Waals surface area contributed by atoms with Crippen molar-refractivity contribution in [1.82, 2.24) is 9.88 Å². The molecule has 1 amide bonds. The summed E-state index contributed by atoms with van der Waals surface area (Å²) in [6.07, 6.45) is 1.36. The molecule has 2 saturated heterocycles. The molecule has 0 aromatic carbocycles. The molecule has 0 saturated carbocycles. The van der Waals surface area contributed by atoms with E-state index in [1.54, 1.807) is 12.4 Å². The van der Waals surface area contributed by atoms with Crippen LogP contribution in [0.15, 0.2) is 24.5 Å². The van der Waals surface area contributed by atoms with Gasteiger partial charge in [0.15, 0.2) is 0 Å². The Kier molecular flexibility index (Phi) is 9.89. The zero-order chi connectivity index (χ0) is 23.7. The molecule has 32 heavy (non-hydrogen) atoms. The molecular formula is C22H31F3N2O5. The lowest BCUT2D eigenvalue weighted by atomic mass is 9.91. The van der Waals surface area contributed by atoms with Crippen LogP contribution in [-0.4, -0.2) is 65.5 Å². The number of hydrogen-bond acceptors (Lipinski definition) is 5. The zero-order valence-electron chi connectivity index (χ0n) is 18.4. The predicted octanol–water partition coefficient (Wildman–Crippen LogP) is 3.53. The first-order valence-corrected chi connectivity index (χ1v) is 10.7. The highest BCUT2D eigenvalue weighted by Crippen LogP contribution is 2.35. The summed E-state index contributed by atoms with van der Waals surface area (Å²) >= 11 is 0. The highest BCUT2D eigenvalue weighted by atomic mass is 19.4. The number of likely N-dealkylation sites (tertiary alicyclic amines) is 1. The van der Waals surface area contributed by atoms with Gasteiger partial charge in [-0.25, -0.2) is 4.79 Å². The Bertz CT molecular complexity index is 730. The van der Waals surface area contributed by atoms with E-state index < -0.39 is 12.1 Å². The van der Waals surface area contributed by atoms with Gasteiger partial charge in [0.25, 0.3) is 0 Å². The second kappa shape index (κ2) is 12.2. The second-order valence-corrected chi connectivity index (χ2v) is 8.53. The molecule has 1 aromatic heterocycles. The van der Waals surface area contributed by atoms with E-state index in [1.165, 1.54) is 0 Å². The smallest absolute Gasteiger partial charge is 0.475 e. The van der Waals surface area contributed by atoms with Gasteiger partial charge in [0, 0.05) is 44.4 Å². The molecule has 7 nitrogen and oxygen atoms in total. The van der Waals surface area contributed by atoms with Gasteiger partial charge in [-0.1, -0.05) is 13.8 Å². The number of carbonyl (C=O) groups is 2. The number of halogens is 3. The number of carboxylic acid groups (broad SMARTS) is 1. The van der Waals surface area contributed by atoms with Crippen LogP contribution in [0.3, 0.4) is 0 Å². The summed E-state index contributed by atoms with van der Waals surface area (Å²) in [4.78, 5) is 27.3. The van der Waals surface area contributed by atoms with Crippen molar-refractivity contribution in [3.8, 4) is 0 Å². The van der Waals surface area contributed by atoms with Crippen LogP contribution in [0.5, 0.6) is 0 Å². The first-order valence-electron chi connectivity index (χ1n) is 10.7. The highest BCUT2D eigenvalue weighted by Gasteiger charge is 2.44. The van der Waals surface area contributed by atoms with Crippen LogP contribution in [0.25, 0.3) is 0 Å². The Hall–Kier alpha value is -2.20. The Morgan fingerprint density at radius 3 is 2.53 bits per heavy atom. The predicted molar refractivity (Wildman–Crippen MR) is 110 cm³/mol. The van der Waals surface area contributed by atoms with Crippen LogP contribution < -0.4 is 0 Å². The number of aromatic nitrogens is 1. The Labute approximate surface area is 185 Å². The van der Waals surface area contributed by atoms with Gasteiger partial charge in [0.2, 0.25) is 5.91 Å². The third-order valence-electron chi connectivity index (χ3n) is 5.62. The number of carboxylic acids is 1. The molecule has 3 rings (SSSR count). The molecule has 0 bridgehead atoms. The quantitative estimate of drug-likeness (QED) is 0.597. The van der Waals surface area contributed by atoms with Gasteiger partial charge in [-0.15, -0.1) is 0 Å². The molecule has 0 aliphatic carbocycles. The van der Waals surface area contributed by atoms with Gasteiger partial charge in [0.1, 0.15) is 0 Å². The summed E-state index contributed by atoms with van der Waals surface area (Å²) in [5.74, 6) is -0.905. The second-order valence-electron chi connectivity index (χ2n) is 8.53. The topological polar surface area (TPSA) is 89.0 Å². The van der Waals surface area contributed by atoms with Gasteiger partial charge in [-0.3, -0.25) is 9.78 Å². The van der Waals surface area contributed by atoms with E-state index in [0.717, 1.165) is 44.7 Å². The van der Waals surface area contributed by atoms with Gasteiger partial charge in [-0.2, -0.15) is 13.2 Å². The lowest BCUT2D eigenvalue weighted by Crippen LogP contribution is -2.31. The lowest BCUT2D eigenvalue weighted by Gasteiger charge is -2.20. The molecule has 3 atom stereocenters. The largest absolute Gasteiger partial charge is 0.490 e. The minimum atomic E-state index is -5.08. The maximum absolute atomic E-state index is 12.3. The van der Waals surface area contributed by atoms with Gasteiger partial charge < -0.3 is 19.5 Å². The van der Waals surface area contributed by atoms with Crippen molar-refractivity contribution in [2.45, 2.75) is 52.0 Å². The highest BCUT2D eigenvalue weighted by molar-refractivity contribution is 5.76. The molecule has 2 aliphatic rings. The van der Waals surface area contributed by atoms with Crippen molar-refractivity contribution >= 4 is 11.9 Å². The van der Waals surface area contributed by atoms with E-state index in [1.807, 2.05) is 17.0 Å². The molecule has 1 N–H and O–H groups in total. The molecule has 180 valence electrons. The van der Waals surface area contributed by atoms with Gasteiger partial charge >= 0.3 is 12.1 Å². The van der Waals surface area contributed by atoms with Crippen molar-refractivity contribution in [3.05, 3.63) is 30.1 Å². The number of aliphatic carboxylic acids is 1. The Balaban J connectivity index is 0.000000451. The molecule has 2 aliphatic heterocycles. The van der Waals surface area contributed by atoms with Crippen molar-refractivity contribution in [2.24, 2.45) is 17.8 Å². The van der Waals surface area contributed by atoms with Crippen molar-refractivity contribution < 1.29 is 37.3 Å². The minimum absolute atomic E-state index is 0.230. The summed E-state index contributed by atoms with van der Waals surface area (Å²) in [5, 5.41) is 7.12. The average molecular weight is 460 g/mol. The monoisotopic (exact) mass is 460 g/mol. The zero-order valence-corrected chi connectivity index (χ0v) is 18.4. The van der Waals surface area contributed by atoms with Crippen molar-refractivity contribution in [2.75, 3.05) is 26.3 Å². The number of nitrogens with zero attached hydrogens (tertiary/aromatic N) is 2. The summed E-state index contributed by atoms with van der Waals surface area (Å²) in [7, 11) is 0. The van der Waals surface area contributed by atoms with Crippen LogP contribution in [0, 0.1) is 17.8 Å². The molecule has 1 aromatic rings. The minimum Gasteiger partial charge on any atom is -0.475 e. The van der Waals surface area contributed by atoms with Crippen LogP contribution >= 0.6 is 0 Å². The summed E-state index contributed by atoms with van der Waals surface area (Å²) in [5.41, 5.74) is 1.15. The number of carbonyl (C=O) groups excluding carboxylic acids is 1. The Morgan fingerprint density at radius 1 is 1.28 bits per heavy atom. The van der Waals surface area contributed by atoms with Crippen LogP contribution in [0.1, 0.15) is 38.7 Å². The fourth-order valence-corrected chi connectivity index (χ4v) is 3.77. The molecule has 2 fully saturated rings. The van der Waals surface area contributed by atoms with Crippen molar-refractivity contribution in [3.63, 3.8) is 0 Å². The Morgan fingerprint density at radius 2 is 1.94 bits per heavy atom. The molecule has 0 spiro atoms. The van der Waals surface area contributed by atoms with Crippen LogP contribution in [0.4, 0.5) is 13.2 Å². The van der Waals surface area contributed by atoms with Gasteiger partial charge in [-0.05, 0) is 42.4 Å². The van der Waals surface area contributed by atoms with Crippen LogP contribution in [-0.2, 0) is 25.7 Å². The van der Waals surface area contributed by atoms with Crippen molar-refractivity contribution in [1.29, 1.82) is 0 Å².